The molecule has 0 fully saturated rings. The van der Waals surface area contributed by atoms with Crippen LogP contribution in [0.15, 0.2) is 24.3 Å². The minimum Gasteiger partial charge on any atom is -0.339 e. The SMILES string of the molecule is CCN(CC)C(=O)c1ccccc1NC(=O)C(C)CN. The number of nitrogens with one attached hydrogen (secondary N) is 1. The Morgan fingerprint density at radius 3 is 2.40 bits per heavy atom. The second-order valence-corrected chi connectivity index (χ2v) is 4.65. The number of para-hydroxylation sites is 1. The number of nitrogens with zero attached hydrogens (tertiary/aromatic N) is 1. The molecule has 1 aromatic rings. The molecule has 0 heterocycles. The van der Waals surface area contributed by atoms with Crippen molar-refractivity contribution in [3.63, 3.8) is 0 Å². The maximum atomic E-state index is 12.4. The summed E-state index contributed by atoms with van der Waals surface area (Å²) in [6, 6.07) is 7.04. The highest BCUT2D eigenvalue weighted by atomic mass is 16.2. The molecule has 0 spiro atoms. The Morgan fingerprint density at radius 2 is 1.85 bits per heavy atom. The van der Waals surface area contributed by atoms with Crippen LogP contribution in [0.2, 0.25) is 0 Å². The van der Waals surface area contributed by atoms with Gasteiger partial charge in [0.2, 0.25) is 5.91 Å². The summed E-state index contributed by atoms with van der Waals surface area (Å²) < 4.78 is 0. The minimum absolute atomic E-state index is 0.0775. The third-order valence-corrected chi connectivity index (χ3v) is 3.27. The molecule has 20 heavy (non-hydrogen) atoms. The van der Waals surface area contributed by atoms with Gasteiger partial charge in [-0.3, -0.25) is 9.59 Å². The van der Waals surface area contributed by atoms with Crippen LogP contribution in [0.25, 0.3) is 0 Å². The first-order valence-electron chi connectivity index (χ1n) is 6.94. The fourth-order valence-corrected chi connectivity index (χ4v) is 1.82. The average Bonchev–Trinajstić information content (AvgIpc) is 2.47. The van der Waals surface area contributed by atoms with Crippen LogP contribution < -0.4 is 11.1 Å². The Morgan fingerprint density at radius 1 is 1.25 bits per heavy atom. The molecule has 1 aromatic carbocycles. The molecular weight excluding hydrogens is 254 g/mol. The molecule has 0 aliphatic rings. The third kappa shape index (κ3) is 3.81. The third-order valence-electron chi connectivity index (χ3n) is 3.27. The molecule has 5 heteroatoms. The summed E-state index contributed by atoms with van der Waals surface area (Å²) in [5.41, 5.74) is 6.52. The number of carbonyl (C=O) groups is 2. The van der Waals surface area contributed by atoms with Gasteiger partial charge in [-0.25, -0.2) is 0 Å². The molecule has 0 aromatic heterocycles. The molecule has 0 saturated carbocycles. The molecule has 0 aliphatic carbocycles. The molecule has 2 amide bonds. The Kier molecular flexibility index (Phi) is 6.18. The average molecular weight is 277 g/mol. The van der Waals surface area contributed by atoms with Crippen LogP contribution >= 0.6 is 0 Å². The number of rotatable bonds is 6. The summed E-state index contributed by atoms with van der Waals surface area (Å²) in [6.45, 7) is 7.16. The fourth-order valence-electron chi connectivity index (χ4n) is 1.82. The van der Waals surface area contributed by atoms with Crippen molar-refractivity contribution < 1.29 is 9.59 Å². The van der Waals surface area contributed by atoms with Gasteiger partial charge >= 0.3 is 0 Å². The number of hydrogen-bond acceptors (Lipinski definition) is 3. The van der Waals surface area contributed by atoms with E-state index in [1.54, 1.807) is 36.1 Å². The monoisotopic (exact) mass is 277 g/mol. The molecule has 0 aliphatic heterocycles. The lowest BCUT2D eigenvalue weighted by Gasteiger charge is -2.21. The van der Waals surface area contributed by atoms with E-state index < -0.39 is 0 Å². The molecule has 110 valence electrons. The van der Waals surface area contributed by atoms with E-state index in [4.69, 9.17) is 5.73 Å². The molecule has 1 rings (SSSR count). The van der Waals surface area contributed by atoms with Crippen molar-refractivity contribution in [3.05, 3.63) is 29.8 Å². The van der Waals surface area contributed by atoms with Crippen LogP contribution in [0.5, 0.6) is 0 Å². The predicted molar refractivity (Wildman–Crippen MR) is 80.5 cm³/mol. The summed E-state index contributed by atoms with van der Waals surface area (Å²) >= 11 is 0. The van der Waals surface area contributed by atoms with E-state index in [9.17, 15) is 9.59 Å². The van der Waals surface area contributed by atoms with Gasteiger partial charge in [0.25, 0.3) is 5.91 Å². The van der Waals surface area contributed by atoms with E-state index in [0.717, 1.165) is 0 Å². The van der Waals surface area contributed by atoms with Crippen LogP contribution in [0.3, 0.4) is 0 Å². The van der Waals surface area contributed by atoms with Gasteiger partial charge in [0, 0.05) is 25.6 Å². The predicted octanol–water partition coefficient (Wildman–Crippen LogP) is 1.70. The van der Waals surface area contributed by atoms with Gasteiger partial charge in [-0.1, -0.05) is 19.1 Å². The summed E-state index contributed by atoms with van der Waals surface area (Å²) in [7, 11) is 0. The Labute approximate surface area is 120 Å². The first kappa shape index (κ1) is 16.2. The second-order valence-electron chi connectivity index (χ2n) is 4.65. The van der Waals surface area contributed by atoms with Crippen LogP contribution in [0.1, 0.15) is 31.1 Å². The topological polar surface area (TPSA) is 75.4 Å². The molecule has 0 saturated heterocycles. The molecule has 5 nitrogen and oxygen atoms in total. The van der Waals surface area contributed by atoms with Crippen molar-refractivity contribution in [1.29, 1.82) is 0 Å². The van der Waals surface area contributed by atoms with Crippen LogP contribution in [0, 0.1) is 5.92 Å². The van der Waals surface area contributed by atoms with Crippen molar-refractivity contribution >= 4 is 17.5 Å². The second kappa shape index (κ2) is 7.65. The van der Waals surface area contributed by atoms with E-state index in [0.29, 0.717) is 24.3 Å². The maximum Gasteiger partial charge on any atom is 0.255 e. The van der Waals surface area contributed by atoms with Gasteiger partial charge in [-0.2, -0.15) is 0 Å². The van der Waals surface area contributed by atoms with Crippen molar-refractivity contribution in [1.82, 2.24) is 4.90 Å². The Hall–Kier alpha value is -1.88. The molecular formula is C15H23N3O2. The fraction of sp³-hybridized carbons (Fsp3) is 0.467. The highest BCUT2D eigenvalue weighted by molar-refractivity contribution is 6.04. The van der Waals surface area contributed by atoms with Crippen molar-refractivity contribution in [2.24, 2.45) is 11.7 Å². The van der Waals surface area contributed by atoms with Crippen LogP contribution in [0.4, 0.5) is 5.69 Å². The van der Waals surface area contributed by atoms with Gasteiger partial charge in [0.1, 0.15) is 0 Å². The summed E-state index contributed by atoms with van der Waals surface area (Å²) in [4.78, 5) is 26.0. The number of carbonyl (C=O) groups excluding carboxylic acids is 2. The first-order chi connectivity index (χ1) is 9.54. The minimum atomic E-state index is -0.286. The number of anilines is 1. The molecule has 3 N–H and O–H groups in total. The van der Waals surface area contributed by atoms with Crippen LogP contribution in [-0.2, 0) is 4.79 Å². The molecule has 0 bridgehead atoms. The zero-order chi connectivity index (χ0) is 15.1. The van der Waals surface area contributed by atoms with Gasteiger partial charge in [-0.05, 0) is 26.0 Å². The number of benzene rings is 1. The maximum absolute atomic E-state index is 12.4. The van der Waals surface area contributed by atoms with Crippen molar-refractivity contribution in [2.45, 2.75) is 20.8 Å². The van der Waals surface area contributed by atoms with Crippen LogP contribution in [-0.4, -0.2) is 36.3 Å². The molecule has 0 radical (unpaired) electrons. The lowest BCUT2D eigenvalue weighted by Crippen LogP contribution is -2.32. The summed E-state index contributed by atoms with van der Waals surface area (Å²) in [5.74, 6) is -0.537. The molecule has 1 atom stereocenters. The number of amides is 2. The largest absolute Gasteiger partial charge is 0.339 e. The van der Waals surface area contributed by atoms with E-state index in [1.807, 2.05) is 13.8 Å². The lowest BCUT2D eigenvalue weighted by atomic mass is 10.1. The number of nitrogens with two attached hydrogens (primary N) is 1. The van der Waals surface area contributed by atoms with Crippen molar-refractivity contribution in [3.8, 4) is 0 Å². The zero-order valence-electron chi connectivity index (χ0n) is 12.3. The summed E-state index contributed by atoms with van der Waals surface area (Å²) in [5, 5.41) is 2.78. The smallest absolute Gasteiger partial charge is 0.255 e. The van der Waals surface area contributed by atoms with E-state index >= 15 is 0 Å². The Balaban J connectivity index is 2.99. The summed E-state index contributed by atoms with van der Waals surface area (Å²) in [6.07, 6.45) is 0. The first-order valence-corrected chi connectivity index (χ1v) is 6.94. The zero-order valence-corrected chi connectivity index (χ0v) is 12.3. The van der Waals surface area contributed by atoms with E-state index in [2.05, 4.69) is 5.32 Å². The Bertz CT molecular complexity index is 470. The van der Waals surface area contributed by atoms with Gasteiger partial charge in [0.05, 0.1) is 11.3 Å². The van der Waals surface area contributed by atoms with Crippen molar-refractivity contribution in [2.75, 3.05) is 25.0 Å². The van der Waals surface area contributed by atoms with E-state index in [1.165, 1.54) is 0 Å². The van der Waals surface area contributed by atoms with Gasteiger partial charge < -0.3 is 16.0 Å². The highest BCUT2D eigenvalue weighted by Crippen LogP contribution is 2.18. The molecule has 1 unspecified atom stereocenters. The van der Waals surface area contributed by atoms with E-state index in [-0.39, 0.29) is 24.3 Å². The van der Waals surface area contributed by atoms with Gasteiger partial charge in [-0.15, -0.1) is 0 Å². The standard InChI is InChI=1S/C15H23N3O2/c1-4-18(5-2)15(20)12-8-6-7-9-13(12)17-14(19)11(3)10-16/h6-9,11H,4-5,10,16H2,1-3H3,(H,17,19). The number of hydrogen-bond donors (Lipinski definition) is 2. The highest BCUT2D eigenvalue weighted by Gasteiger charge is 2.18. The lowest BCUT2D eigenvalue weighted by molar-refractivity contribution is -0.119. The normalized spacial score (nSPS) is 11.8. The quantitative estimate of drug-likeness (QED) is 0.831. The van der Waals surface area contributed by atoms with Gasteiger partial charge in [0.15, 0.2) is 0 Å².